The summed E-state index contributed by atoms with van der Waals surface area (Å²) in [5.41, 5.74) is 18.1. The molecular weight excluding hydrogens is 863 g/mol. The number of benzene rings is 11. The molecule has 0 saturated heterocycles. The number of anilines is 1. The molecule has 15 rings (SSSR count). The molecule has 3 aromatic heterocycles. The van der Waals surface area contributed by atoms with Crippen LogP contribution in [0.2, 0.25) is 0 Å². The fraction of sp³-hybridized carbons (Fsp3) is 0.0152. The van der Waals surface area contributed by atoms with Crippen LogP contribution < -0.4 is 5.32 Å². The second-order valence-electron chi connectivity index (χ2n) is 18.7. The van der Waals surface area contributed by atoms with Gasteiger partial charge in [0.15, 0.2) is 0 Å². The van der Waals surface area contributed by atoms with E-state index in [0.717, 1.165) is 56.2 Å². The van der Waals surface area contributed by atoms with Crippen LogP contribution in [-0.4, -0.2) is 19.4 Å². The van der Waals surface area contributed by atoms with Gasteiger partial charge < -0.3 is 19.0 Å². The van der Waals surface area contributed by atoms with Gasteiger partial charge in [0.05, 0.1) is 44.5 Å². The average molecular weight is 906 g/mol. The topological polar surface area (TPSA) is 39.2 Å². The van der Waals surface area contributed by atoms with Crippen molar-refractivity contribution in [1.29, 1.82) is 0 Å². The minimum atomic E-state index is -0.288. The Morgan fingerprint density at radius 1 is 0.310 bits per heavy atom. The molecule has 0 amide bonds. The predicted octanol–water partition coefficient (Wildman–Crippen LogP) is 16.8. The summed E-state index contributed by atoms with van der Waals surface area (Å²) in [4.78, 5) is 5.59. The SMILES string of the molecule is c1ccc(-c2ccc(C3N=C(c4cccc(-n5c6ccc(-n7c8ccccc8c8ccccc87)cc6c6cc(-n7c8ccccc8c8ccccc87)ccc65)c4)c4ccc5ccccc5c4N3)cc2)cc1. The molecule has 0 fully saturated rings. The number of hydrogen-bond acceptors (Lipinski definition) is 2. The third-order valence-electron chi connectivity index (χ3n) is 14.8. The number of rotatable bonds is 6. The molecule has 4 heterocycles. The first-order valence-electron chi connectivity index (χ1n) is 24.4. The van der Waals surface area contributed by atoms with Crippen LogP contribution >= 0.6 is 0 Å². The number of hydrogen-bond donors (Lipinski definition) is 1. The van der Waals surface area contributed by atoms with Crippen LogP contribution in [0.3, 0.4) is 0 Å². The lowest BCUT2D eigenvalue weighted by molar-refractivity contribution is 0.830. The van der Waals surface area contributed by atoms with Crippen molar-refractivity contribution in [1.82, 2.24) is 13.7 Å². The van der Waals surface area contributed by atoms with Crippen LogP contribution in [0.1, 0.15) is 22.9 Å². The largest absolute Gasteiger partial charge is 0.359 e. The monoisotopic (exact) mass is 905 g/mol. The number of aromatic nitrogens is 3. The minimum absolute atomic E-state index is 0.288. The van der Waals surface area contributed by atoms with Crippen LogP contribution in [0.5, 0.6) is 0 Å². The fourth-order valence-corrected chi connectivity index (χ4v) is 11.6. The van der Waals surface area contributed by atoms with Gasteiger partial charge in [-0.3, -0.25) is 4.99 Å². The summed E-state index contributed by atoms with van der Waals surface area (Å²) in [7, 11) is 0. The van der Waals surface area contributed by atoms with E-state index in [2.05, 4.69) is 268 Å². The van der Waals surface area contributed by atoms with E-state index >= 15 is 0 Å². The Bertz CT molecular complexity index is 4210. The summed E-state index contributed by atoms with van der Waals surface area (Å²) >= 11 is 0. The number of aliphatic imine (C=N–C) groups is 1. The maximum atomic E-state index is 5.59. The minimum Gasteiger partial charge on any atom is -0.359 e. The quantitative estimate of drug-likeness (QED) is 0.177. The summed E-state index contributed by atoms with van der Waals surface area (Å²) in [6.45, 7) is 0. The first-order chi connectivity index (χ1) is 35.2. The Morgan fingerprint density at radius 2 is 0.761 bits per heavy atom. The molecule has 332 valence electrons. The van der Waals surface area contributed by atoms with Gasteiger partial charge in [0.1, 0.15) is 6.17 Å². The fourth-order valence-electron chi connectivity index (χ4n) is 11.6. The molecule has 71 heavy (non-hydrogen) atoms. The number of nitrogens with one attached hydrogen (secondary N) is 1. The summed E-state index contributed by atoms with van der Waals surface area (Å²) in [6.07, 6.45) is -0.288. The zero-order chi connectivity index (χ0) is 46.6. The Morgan fingerprint density at radius 3 is 1.32 bits per heavy atom. The highest BCUT2D eigenvalue weighted by Gasteiger charge is 2.26. The van der Waals surface area contributed by atoms with E-state index in [1.165, 1.54) is 76.3 Å². The molecule has 0 aliphatic carbocycles. The zero-order valence-corrected chi connectivity index (χ0v) is 38.5. The summed E-state index contributed by atoms with van der Waals surface area (Å²) in [5, 5.41) is 13.6. The molecule has 0 bridgehead atoms. The third kappa shape index (κ3) is 6.09. The third-order valence-corrected chi connectivity index (χ3v) is 14.8. The van der Waals surface area contributed by atoms with Gasteiger partial charge >= 0.3 is 0 Å². The van der Waals surface area contributed by atoms with Gasteiger partial charge in [-0.15, -0.1) is 0 Å². The smallest absolute Gasteiger partial charge is 0.145 e. The van der Waals surface area contributed by atoms with E-state index in [1.54, 1.807) is 0 Å². The Hall–Kier alpha value is -9.45. The van der Waals surface area contributed by atoms with Crippen molar-refractivity contribution in [3.05, 3.63) is 265 Å². The van der Waals surface area contributed by atoms with Gasteiger partial charge in [-0.05, 0) is 94.9 Å². The lowest BCUT2D eigenvalue weighted by Crippen LogP contribution is -2.21. The van der Waals surface area contributed by atoms with Crippen LogP contribution in [0.25, 0.3) is 104 Å². The Labute approximate surface area is 409 Å². The van der Waals surface area contributed by atoms with Crippen molar-refractivity contribution >= 4 is 87.6 Å². The molecule has 0 radical (unpaired) electrons. The number of para-hydroxylation sites is 4. The van der Waals surface area contributed by atoms with Crippen LogP contribution in [0, 0.1) is 0 Å². The molecule has 0 spiro atoms. The van der Waals surface area contributed by atoms with Gasteiger partial charge in [-0.1, -0.05) is 176 Å². The molecule has 14 aromatic rings. The van der Waals surface area contributed by atoms with Crippen molar-refractivity contribution in [2.45, 2.75) is 6.17 Å². The standard InChI is InChI=1S/C66H43N5/c1-2-15-42(16-3-1)43-29-31-45(32-30-43)66-67-64(55-36-33-44-17-4-5-20-50(44)65(55)68-66)46-18-14-19-47(39-46)69-62-37-34-48(70-58-25-10-6-21-51(58)52-22-7-11-26-59(52)70)40-56(62)57-41-49(35-38-63(57)69)71-60-27-12-8-23-53(60)54-24-9-13-28-61(54)71/h1-41,66,68H. The zero-order valence-electron chi connectivity index (χ0n) is 38.5. The highest BCUT2D eigenvalue weighted by atomic mass is 15.1. The molecule has 1 aliphatic heterocycles. The maximum absolute atomic E-state index is 5.59. The number of fused-ring (bicyclic) bond motifs is 12. The van der Waals surface area contributed by atoms with E-state index in [1.807, 2.05) is 0 Å². The van der Waals surface area contributed by atoms with Gasteiger partial charge in [-0.2, -0.15) is 0 Å². The van der Waals surface area contributed by atoms with Gasteiger partial charge in [-0.25, -0.2) is 0 Å². The summed E-state index contributed by atoms with van der Waals surface area (Å²) in [6, 6.07) is 90.6. The van der Waals surface area contributed by atoms with Gasteiger partial charge in [0.2, 0.25) is 0 Å². The average Bonchev–Trinajstić information content (AvgIpc) is 4.08. The molecule has 5 nitrogen and oxygen atoms in total. The highest BCUT2D eigenvalue weighted by molar-refractivity contribution is 6.21. The molecular formula is C66H43N5. The first kappa shape index (κ1) is 39.5. The molecule has 1 N–H and O–H groups in total. The first-order valence-corrected chi connectivity index (χ1v) is 24.4. The second-order valence-corrected chi connectivity index (χ2v) is 18.7. The Balaban J connectivity index is 0.941. The van der Waals surface area contributed by atoms with E-state index in [0.29, 0.717) is 0 Å². The van der Waals surface area contributed by atoms with Crippen LogP contribution in [0.15, 0.2) is 254 Å². The van der Waals surface area contributed by atoms with E-state index < -0.39 is 0 Å². The molecule has 1 aliphatic rings. The van der Waals surface area contributed by atoms with Crippen molar-refractivity contribution in [2.24, 2.45) is 4.99 Å². The molecule has 5 heteroatoms. The Kier molecular flexibility index (Phi) is 8.65. The van der Waals surface area contributed by atoms with Crippen molar-refractivity contribution in [2.75, 3.05) is 5.32 Å². The second kappa shape index (κ2) is 15.5. The molecule has 0 saturated carbocycles. The van der Waals surface area contributed by atoms with Crippen molar-refractivity contribution in [3.8, 4) is 28.2 Å². The predicted molar refractivity (Wildman–Crippen MR) is 297 cm³/mol. The maximum Gasteiger partial charge on any atom is 0.145 e. The van der Waals surface area contributed by atoms with E-state index in [4.69, 9.17) is 4.99 Å². The van der Waals surface area contributed by atoms with Crippen LogP contribution in [0.4, 0.5) is 5.69 Å². The molecule has 1 atom stereocenters. The van der Waals surface area contributed by atoms with Gasteiger partial charge in [0.25, 0.3) is 0 Å². The van der Waals surface area contributed by atoms with Crippen LogP contribution in [-0.2, 0) is 0 Å². The summed E-state index contributed by atoms with van der Waals surface area (Å²) in [5.74, 6) is 0. The van der Waals surface area contributed by atoms with E-state index in [9.17, 15) is 0 Å². The molecule has 11 aromatic carbocycles. The summed E-state index contributed by atoms with van der Waals surface area (Å²) < 4.78 is 7.29. The van der Waals surface area contributed by atoms with Crippen molar-refractivity contribution in [3.63, 3.8) is 0 Å². The number of nitrogens with zero attached hydrogens (tertiary/aromatic N) is 4. The van der Waals surface area contributed by atoms with E-state index in [-0.39, 0.29) is 6.17 Å². The van der Waals surface area contributed by atoms with Gasteiger partial charge in [0, 0.05) is 65.9 Å². The lowest BCUT2D eigenvalue weighted by Gasteiger charge is -2.28. The normalized spacial score (nSPS) is 13.7. The van der Waals surface area contributed by atoms with Crippen molar-refractivity contribution < 1.29 is 0 Å². The highest BCUT2D eigenvalue weighted by Crippen LogP contribution is 2.42. The lowest BCUT2D eigenvalue weighted by atomic mass is 9.93. The molecule has 1 unspecified atom stereocenters.